The van der Waals surface area contributed by atoms with Crippen molar-refractivity contribution in [1.29, 1.82) is 0 Å². The molecule has 138 valence electrons. The largest absolute Gasteiger partial charge is 0.405 e. The second kappa shape index (κ2) is 6.46. The normalized spacial score (nSPS) is 15.5. The van der Waals surface area contributed by atoms with E-state index in [0.717, 1.165) is 6.07 Å². The molecule has 0 bridgehead atoms. The van der Waals surface area contributed by atoms with E-state index in [-0.39, 0.29) is 10.6 Å². The van der Waals surface area contributed by atoms with Gasteiger partial charge in [0, 0.05) is 11.6 Å². The molecule has 0 aliphatic carbocycles. The van der Waals surface area contributed by atoms with E-state index in [0.29, 0.717) is 0 Å². The molecule has 0 heterocycles. The van der Waals surface area contributed by atoms with E-state index in [1.165, 1.54) is 26.0 Å². The fourth-order valence-corrected chi connectivity index (χ4v) is 4.03. The first-order valence-electron chi connectivity index (χ1n) is 8.17. The summed E-state index contributed by atoms with van der Waals surface area (Å²) in [5.41, 5.74) is 3.26. The minimum Gasteiger partial charge on any atom is -0.405 e. The standard InChI is InChI=1S/C18H30F3NOSi/c1-12(22)13-10-9-11-14(15(13)19)18(20,21)17(5,6)23-24(7,8)16(2,3)4/h9-12H,22H2,1-8H3/t12-/m1/s1. The molecular weight excluding hydrogens is 331 g/mol. The topological polar surface area (TPSA) is 35.2 Å². The molecule has 0 aliphatic heterocycles. The number of benzene rings is 1. The molecule has 0 unspecified atom stereocenters. The third-order valence-electron chi connectivity index (χ3n) is 4.93. The van der Waals surface area contributed by atoms with E-state index in [1.807, 2.05) is 33.9 Å². The van der Waals surface area contributed by atoms with Gasteiger partial charge in [0.25, 0.3) is 0 Å². The van der Waals surface area contributed by atoms with Gasteiger partial charge in [-0.25, -0.2) is 4.39 Å². The molecule has 1 aromatic carbocycles. The van der Waals surface area contributed by atoms with Gasteiger partial charge in [0.2, 0.25) is 0 Å². The van der Waals surface area contributed by atoms with E-state index >= 15 is 8.78 Å². The van der Waals surface area contributed by atoms with Gasteiger partial charge in [0.1, 0.15) is 11.4 Å². The zero-order valence-electron chi connectivity index (χ0n) is 15.9. The van der Waals surface area contributed by atoms with Crippen LogP contribution < -0.4 is 5.73 Å². The maximum atomic E-state index is 15.2. The number of hydrogen-bond acceptors (Lipinski definition) is 2. The van der Waals surface area contributed by atoms with Crippen molar-refractivity contribution in [1.82, 2.24) is 0 Å². The van der Waals surface area contributed by atoms with Crippen molar-refractivity contribution in [2.75, 3.05) is 0 Å². The van der Waals surface area contributed by atoms with E-state index in [9.17, 15) is 4.39 Å². The van der Waals surface area contributed by atoms with Crippen molar-refractivity contribution in [2.45, 2.75) is 77.2 Å². The van der Waals surface area contributed by atoms with Crippen molar-refractivity contribution in [2.24, 2.45) is 5.73 Å². The Balaban J connectivity index is 3.35. The number of alkyl halides is 2. The lowest BCUT2D eigenvalue weighted by Gasteiger charge is -2.45. The molecule has 0 saturated carbocycles. The molecule has 1 aromatic rings. The summed E-state index contributed by atoms with van der Waals surface area (Å²) in [6, 6.07) is 3.29. The Hall–Kier alpha value is -0.853. The van der Waals surface area contributed by atoms with Crippen LogP contribution in [0.1, 0.15) is 58.7 Å². The maximum Gasteiger partial charge on any atom is 0.302 e. The Labute approximate surface area is 144 Å². The summed E-state index contributed by atoms with van der Waals surface area (Å²) in [4.78, 5) is 0. The molecular formula is C18H30F3NOSi. The minimum atomic E-state index is -3.49. The SMILES string of the molecule is C[C@@H](N)c1cccc(C(F)(F)C(C)(C)O[Si](C)(C)C(C)(C)C)c1F. The summed E-state index contributed by atoms with van der Waals surface area (Å²) in [5, 5.41) is -0.230. The lowest BCUT2D eigenvalue weighted by molar-refractivity contribution is -0.162. The summed E-state index contributed by atoms with van der Waals surface area (Å²) in [7, 11) is -2.46. The van der Waals surface area contributed by atoms with Crippen molar-refractivity contribution in [3.05, 3.63) is 35.1 Å². The van der Waals surface area contributed by atoms with Gasteiger partial charge in [0.15, 0.2) is 8.32 Å². The molecule has 1 rings (SSSR count). The Bertz CT molecular complexity index is 592. The first-order chi connectivity index (χ1) is 10.5. The van der Waals surface area contributed by atoms with Crippen LogP contribution in [0.4, 0.5) is 13.2 Å². The summed E-state index contributed by atoms with van der Waals surface area (Å²) < 4.78 is 50.9. The fraction of sp³-hybridized carbons (Fsp3) is 0.667. The van der Waals surface area contributed by atoms with Crippen LogP contribution in [0.2, 0.25) is 18.1 Å². The van der Waals surface area contributed by atoms with Crippen molar-refractivity contribution < 1.29 is 17.6 Å². The average Bonchev–Trinajstić information content (AvgIpc) is 2.35. The molecule has 0 radical (unpaired) electrons. The lowest BCUT2D eigenvalue weighted by atomic mass is 9.91. The Kier molecular flexibility index (Phi) is 5.71. The van der Waals surface area contributed by atoms with Crippen molar-refractivity contribution >= 4 is 8.32 Å². The van der Waals surface area contributed by atoms with E-state index in [2.05, 4.69) is 0 Å². The lowest BCUT2D eigenvalue weighted by Crippen LogP contribution is -2.54. The first-order valence-corrected chi connectivity index (χ1v) is 11.1. The van der Waals surface area contributed by atoms with Crippen LogP contribution in [-0.2, 0) is 10.3 Å². The maximum absolute atomic E-state index is 15.2. The monoisotopic (exact) mass is 361 g/mol. The molecule has 24 heavy (non-hydrogen) atoms. The van der Waals surface area contributed by atoms with Crippen molar-refractivity contribution in [3.8, 4) is 0 Å². The highest BCUT2D eigenvalue weighted by Gasteiger charge is 2.55. The number of halogens is 3. The highest BCUT2D eigenvalue weighted by Crippen LogP contribution is 2.47. The van der Waals surface area contributed by atoms with Gasteiger partial charge in [-0.2, -0.15) is 8.78 Å². The molecule has 2 N–H and O–H groups in total. The fourth-order valence-electron chi connectivity index (χ4n) is 2.32. The van der Waals surface area contributed by atoms with Crippen LogP contribution in [0, 0.1) is 5.82 Å². The van der Waals surface area contributed by atoms with Crippen LogP contribution in [-0.4, -0.2) is 13.9 Å². The van der Waals surface area contributed by atoms with Crippen LogP contribution in [0.5, 0.6) is 0 Å². The molecule has 0 spiro atoms. The summed E-state index contributed by atoms with van der Waals surface area (Å²) in [5.74, 6) is -4.44. The zero-order valence-corrected chi connectivity index (χ0v) is 16.9. The highest BCUT2D eigenvalue weighted by molar-refractivity contribution is 6.74. The number of rotatable bonds is 5. The van der Waals surface area contributed by atoms with Gasteiger partial charge in [-0.1, -0.05) is 32.9 Å². The zero-order chi connectivity index (χ0) is 19.1. The second-order valence-corrected chi connectivity index (χ2v) is 13.2. The highest BCUT2D eigenvalue weighted by atomic mass is 28.4. The summed E-state index contributed by atoms with van der Waals surface area (Å²) in [6.07, 6.45) is 0. The molecule has 6 heteroatoms. The molecule has 2 nitrogen and oxygen atoms in total. The van der Waals surface area contributed by atoms with Gasteiger partial charge in [-0.05, 0) is 45.0 Å². The van der Waals surface area contributed by atoms with Crippen LogP contribution in [0.15, 0.2) is 18.2 Å². The van der Waals surface area contributed by atoms with Gasteiger partial charge < -0.3 is 10.2 Å². The van der Waals surface area contributed by atoms with Gasteiger partial charge in [-0.3, -0.25) is 0 Å². The smallest absolute Gasteiger partial charge is 0.302 e. The van der Waals surface area contributed by atoms with E-state index in [4.69, 9.17) is 10.2 Å². The second-order valence-electron chi connectivity index (χ2n) is 8.44. The third kappa shape index (κ3) is 3.86. The average molecular weight is 362 g/mol. The molecule has 0 aliphatic rings. The van der Waals surface area contributed by atoms with Crippen LogP contribution in [0.3, 0.4) is 0 Å². The first kappa shape index (κ1) is 21.2. The van der Waals surface area contributed by atoms with Crippen molar-refractivity contribution in [3.63, 3.8) is 0 Å². The molecule has 0 saturated heterocycles. The van der Waals surface area contributed by atoms with Crippen LogP contribution >= 0.6 is 0 Å². The Morgan fingerprint density at radius 3 is 2.00 bits per heavy atom. The number of hydrogen-bond donors (Lipinski definition) is 1. The van der Waals surface area contributed by atoms with E-state index in [1.54, 1.807) is 6.92 Å². The third-order valence-corrected chi connectivity index (χ3v) is 9.56. The molecule has 0 aromatic heterocycles. The Morgan fingerprint density at radius 2 is 1.58 bits per heavy atom. The molecule has 0 amide bonds. The predicted molar refractivity (Wildman–Crippen MR) is 95.3 cm³/mol. The minimum absolute atomic E-state index is 0.0790. The quantitative estimate of drug-likeness (QED) is 0.679. The predicted octanol–water partition coefficient (Wildman–Crippen LogP) is 5.74. The number of nitrogens with two attached hydrogens (primary N) is 1. The van der Waals surface area contributed by atoms with E-state index < -0.39 is 37.3 Å². The molecule has 0 fully saturated rings. The Morgan fingerprint density at radius 1 is 1.08 bits per heavy atom. The summed E-state index contributed by atoms with van der Waals surface area (Å²) in [6.45, 7) is 14.0. The van der Waals surface area contributed by atoms with Gasteiger partial charge >= 0.3 is 5.92 Å². The van der Waals surface area contributed by atoms with Gasteiger partial charge in [-0.15, -0.1) is 0 Å². The summed E-state index contributed by atoms with van der Waals surface area (Å²) >= 11 is 0. The van der Waals surface area contributed by atoms with Gasteiger partial charge in [0.05, 0.1) is 5.56 Å². The van der Waals surface area contributed by atoms with Crippen LogP contribution in [0.25, 0.3) is 0 Å². The molecule has 1 atom stereocenters.